The van der Waals surface area contributed by atoms with Crippen molar-refractivity contribution in [1.29, 1.82) is 0 Å². The fourth-order valence-electron chi connectivity index (χ4n) is 4.53. The highest BCUT2D eigenvalue weighted by atomic mass is 35.5. The lowest BCUT2D eigenvalue weighted by atomic mass is 9.83. The van der Waals surface area contributed by atoms with E-state index >= 15 is 0 Å². The Labute approximate surface area is 188 Å². The highest BCUT2D eigenvalue weighted by molar-refractivity contribution is 5.90. The number of piperidine rings is 1. The largest absolute Gasteiger partial charge is 0.507 e. The normalized spacial score (nSPS) is 21.2. The number of phenolic OH excluding ortho intramolecular Hbond substituents is 2. The minimum Gasteiger partial charge on any atom is -0.507 e. The number of aromatic hydroxyl groups is 2. The van der Waals surface area contributed by atoms with Gasteiger partial charge in [0, 0.05) is 31.6 Å². The molecule has 0 spiro atoms. The number of halogens is 1. The number of carbonyl (C=O) groups is 1. The second kappa shape index (κ2) is 9.77. The van der Waals surface area contributed by atoms with E-state index in [0.717, 1.165) is 29.5 Å². The molecule has 168 valence electrons. The number of hydrogen-bond acceptors (Lipinski definition) is 5. The molecule has 5 N–H and O–H groups in total. The van der Waals surface area contributed by atoms with Crippen LogP contribution in [0.3, 0.4) is 0 Å². The van der Waals surface area contributed by atoms with Crippen LogP contribution in [-0.2, 0) is 11.2 Å². The second-order valence-electron chi connectivity index (χ2n) is 8.17. The lowest BCUT2D eigenvalue weighted by Gasteiger charge is -2.40. The van der Waals surface area contributed by atoms with E-state index in [9.17, 15) is 15.0 Å². The zero-order valence-corrected chi connectivity index (χ0v) is 18.4. The average Bonchev–Trinajstić information content (AvgIpc) is 2.77. The summed E-state index contributed by atoms with van der Waals surface area (Å²) in [6.45, 7) is 3.50. The van der Waals surface area contributed by atoms with Gasteiger partial charge in [0.2, 0.25) is 0 Å². The molecule has 1 fully saturated rings. The maximum absolute atomic E-state index is 12.6. The lowest BCUT2D eigenvalue weighted by molar-refractivity contribution is -0.0624. The van der Waals surface area contributed by atoms with Gasteiger partial charge < -0.3 is 30.9 Å². The van der Waals surface area contributed by atoms with Crippen LogP contribution in [0.2, 0.25) is 0 Å². The SMILES string of the molecule is Cc1ccc2c(c1O)C[C@@H](C1CCN(C(=O)Nc3ccccc3O)CC1)O[C@H]2CN.Cl. The van der Waals surface area contributed by atoms with Crippen molar-refractivity contribution >= 4 is 24.1 Å². The average molecular weight is 448 g/mol. The van der Waals surface area contributed by atoms with Crippen LogP contribution in [0.15, 0.2) is 36.4 Å². The molecule has 0 aromatic heterocycles. The summed E-state index contributed by atoms with van der Waals surface area (Å²) in [6.07, 6.45) is 2.05. The van der Waals surface area contributed by atoms with Gasteiger partial charge in [-0.1, -0.05) is 24.3 Å². The smallest absolute Gasteiger partial charge is 0.321 e. The number of para-hydroxylation sites is 2. The first-order valence-electron chi connectivity index (χ1n) is 10.5. The number of likely N-dealkylation sites (tertiary alicyclic amines) is 1. The van der Waals surface area contributed by atoms with Crippen molar-refractivity contribution < 1.29 is 19.7 Å². The van der Waals surface area contributed by atoms with Crippen LogP contribution in [0.5, 0.6) is 11.5 Å². The molecule has 0 saturated carbocycles. The summed E-state index contributed by atoms with van der Waals surface area (Å²) in [5, 5.41) is 23.2. The van der Waals surface area contributed by atoms with E-state index in [1.165, 1.54) is 0 Å². The van der Waals surface area contributed by atoms with E-state index in [1.54, 1.807) is 29.2 Å². The quantitative estimate of drug-likeness (QED) is 0.536. The van der Waals surface area contributed by atoms with Crippen molar-refractivity contribution in [3.63, 3.8) is 0 Å². The number of benzene rings is 2. The topological polar surface area (TPSA) is 108 Å². The number of aryl methyl sites for hydroxylation is 1. The first-order chi connectivity index (χ1) is 14.5. The summed E-state index contributed by atoms with van der Waals surface area (Å²) in [6, 6.07) is 10.4. The first-order valence-corrected chi connectivity index (χ1v) is 10.5. The van der Waals surface area contributed by atoms with Gasteiger partial charge in [-0.3, -0.25) is 0 Å². The molecule has 0 bridgehead atoms. The number of fused-ring (bicyclic) bond motifs is 1. The van der Waals surface area contributed by atoms with Crippen molar-refractivity contribution in [3.8, 4) is 11.5 Å². The fourth-order valence-corrected chi connectivity index (χ4v) is 4.53. The lowest BCUT2D eigenvalue weighted by Crippen LogP contribution is -2.45. The molecule has 1 saturated heterocycles. The van der Waals surface area contributed by atoms with Crippen LogP contribution in [0, 0.1) is 12.8 Å². The molecule has 31 heavy (non-hydrogen) atoms. The van der Waals surface area contributed by atoms with Crippen LogP contribution in [0.4, 0.5) is 10.5 Å². The van der Waals surface area contributed by atoms with Crippen LogP contribution in [0.1, 0.15) is 35.6 Å². The van der Waals surface area contributed by atoms with Crippen LogP contribution < -0.4 is 11.1 Å². The van der Waals surface area contributed by atoms with E-state index in [4.69, 9.17) is 10.5 Å². The number of amides is 2. The Bertz CT molecular complexity index is 931. The van der Waals surface area contributed by atoms with Crippen molar-refractivity contribution in [2.45, 2.75) is 38.4 Å². The van der Waals surface area contributed by atoms with Gasteiger partial charge in [-0.05, 0) is 48.9 Å². The monoisotopic (exact) mass is 447 g/mol. The maximum Gasteiger partial charge on any atom is 0.321 e. The van der Waals surface area contributed by atoms with Gasteiger partial charge in [-0.25, -0.2) is 4.79 Å². The molecule has 0 unspecified atom stereocenters. The van der Waals surface area contributed by atoms with Gasteiger partial charge >= 0.3 is 6.03 Å². The summed E-state index contributed by atoms with van der Waals surface area (Å²) in [5.74, 6) is 0.693. The molecule has 2 aromatic carbocycles. The number of rotatable bonds is 3. The maximum atomic E-state index is 12.6. The van der Waals surface area contributed by atoms with E-state index in [2.05, 4.69) is 5.32 Å². The Balaban J connectivity index is 0.00000272. The fraction of sp³-hybridized carbons (Fsp3) is 0.435. The summed E-state index contributed by atoms with van der Waals surface area (Å²) in [4.78, 5) is 14.3. The van der Waals surface area contributed by atoms with Gasteiger partial charge in [-0.2, -0.15) is 0 Å². The Morgan fingerprint density at radius 1 is 1.19 bits per heavy atom. The molecule has 2 heterocycles. The Morgan fingerprint density at radius 2 is 1.90 bits per heavy atom. The zero-order chi connectivity index (χ0) is 21.3. The molecule has 4 rings (SSSR count). The third-order valence-electron chi connectivity index (χ3n) is 6.32. The minimum atomic E-state index is -0.215. The number of nitrogens with zero attached hydrogens (tertiary/aromatic N) is 1. The van der Waals surface area contributed by atoms with Gasteiger partial charge in [-0.15, -0.1) is 12.4 Å². The van der Waals surface area contributed by atoms with Gasteiger partial charge in [0.1, 0.15) is 11.5 Å². The Hall–Kier alpha value is -2.48. The first kappa shape index (κ1) is 23.2. The van der Waals surface area contributed by atoms with Crippen molar-refractivity contribution in [3.05, 3.63) is 53.1 Å². The highest BCUT2D eigenvalue weighted by Gasteiger charge is 2.36. The summed E-state index contributed by atoms with van der Waals surface area (Å²) in [5.41, 5.74) is 9.16. The van der Waals surface area contributed by atoms with Crippen molar-refractivity contribution in [2.75, 3.05) is 25.0 Å². The Kier molecular flexibility index (Phi) is 7.30. The number of urea groups is 1. The standard InChI is InChI=1S/C23H29N3O4.ClH/c1-14-6-7-16-17(22(14)28)12-20(30-21(16)13-24)15-8-10-26(11-9-15)23(29)25-18-4-2-3-5-19(18)27;/h2-7,15,20-21,27-28H,8-13,24H2,1H3,(H,25,29);1H/t20-,21-;/m0./s1. The molecule has 2 aliphatic heterocycles. The summed E-state index contributed by atoms with van der Waals surface area (Å²) >= 11 is 0. The van der Waals surface area contributed by atoms with E-state index < -0.39 is 0 Å². The van der Waals surface area contributed by atoms with Crippen LogP contribution in [0.25, 0.3) is 0 Å². The molecule has 0 aliphatic carbocycles. The number of hydrogen-bond donors (Lipinski definition) is 4. The molecule has 2 aliphatic rings. The summed E-state index contributed by atoms with van der Waals surface area (Å²) in [7, 11) is 0. The van der Waals surface area contributed by atoms with E-state index in [-0.39, 0.29) is 36.4 Å². The third kappa shape index (κ3) is 4.74. The van der Waals surface area contributed by atoms with Crippen LogP contribution in [-0.4, -0.2) is 46.9 Å². The molecule has 0 radical (unpaired) electrons. The molecular weight excluding hydrogens is 418 g/mol. The summed E-state index contributed by atoms with van der Waals surface area (Å²) < 4.78 is 6.32. The number of phenols is 2. The molecule has 2 aromatic rings. The van der Waals surface area contributed by atoms with Gasteiger partial charge in [0.05, 0.1) is 17.9 Å². The molecule has 7 nitrogen and oxygen atoms in total. The van der Waals surface area contributed by atoms with Crippen molar-refractivity contribution in [1.82, 2.24) is 4.90 Å². The number of nitrogens with two attached hydrogens (primary N) is 1. The zero-order valence-electron chi connectivity index (χ0n) is 17.6. The third-order valence-corrected chi connectivity index (χ3v) is 6.32. The molecule has 2 atom stereocenters. The minimum absolute atomic E-state index is 0. The predicted octanol–water partition coefficient (Wildman–Crippen LogP) is 3.71. The number of anilines is 1. The number of ether oxygens (including phenoxy) is 1. The highest BCUT2D eigenvalue weighted by Crippen LogP contribution is 2.40. The Morgan fingerprint density at radius 3 is 2.58 bits per heavy atom. The van der Waals surface area contributed by atoms with E-state index in [1.807, 2.05) is 19.1 Å². The molecular formula is C23H30ClN3O4. The molecule has 2 amide bonds. The molecule has 8 heteroatoms. The van der Waals surface area contributed by atoms with Crippen LogP contribution >= 0.6 is 12.4 Å². The number of nitrogens with one attached hydrogen (secondary N) is 1. The van der Waals surface area contributed by atoms with E-state index in [0.29, 0.717) is 43.4 Å². The number of carbonyl (C=O) groups excluding carboxylic acids is 1. The van der Waals surface area contributed by atoms with Crippen molar-refractivity contribution in [2.24, 2.45) is 11.7 Å². The van der Waals surface area contributed by atoms with Gasteiger partial charge in [0.25, 0.3) is 0 Å². The second-order valence-corrected chi connectivity index (χ2v) is 8.17. The van der Waals surface area contributed by atoms with Gasteiger partial charge in [0.15, 0.2) is 0 Å². The predicted molar refractivity (Wildman–Crippen MR) is 122 cm³/mol.